The van der Waals surface area contributed by atoms with E-state index in [1.54, 1.807) is 0 Å². The van der Waals surface area contributed by atoms with E-state index in [0.29, 0.717) is 5.92 Å². The van der Waals surface area contributed by atoms with Gasteiger partial charge >= 0.3 is 0 Å². The molecular formula is C11H18ClN. The molecular weight excluding hydrogens is 182 g/mol. The summed E-state index contributed by atoms with van der Waals surface area (Å²) in [5, 5.41) is 0. The number of halogens is 1. The maximum Gasteiger partial charge on any atom is 0.0297 e. The molecule has 2 heteroatoms. The van der Waals surface area contributed by atoms with Crippen molar-refractivity contribution < 1.29 is 0 Å². The van der Waals surface area contributed by atoms with Gasteiger partial charge in [-0.1, -0.05) is 44.2 Å². The van der Waals surface area contributed by atoms with E-state index in [0.717, 1.165) is 6.42 Å². The molecule has 0 radical (unpaired) electrons. The van der Waals surface area contributed by atoms with Gasteiger partial charge in [0.15, 0.2) is 0 Å². The van der Waals surface area contributed by atoms with E-state index in [4.69, 9.17) is 5.73 Å². The van der Waals surface area contributed by atoms with Gasteiger partial charge in [-0.15, -0.1) is 12.4 Å². The third kappa shape index (κ3) is 4.30. The van der Waals surface area contributed by atoms with Crippen LogP contribution in [0, 0.1) is 5.92 Å². The molecule has 0 bridgehead atoms. The lowest BCUT2D eigenvalue weighted by Crippen LogP contribution is -2.12. The van der Waals surface area contributed by atoms with Gasteiger partial charge in [-0.2, -0.15) is 0 Å². The molecule has 1 aromatic rings. The van der Waals surface area contributed by atoms with Gasteiger partial charge < -0.3 is 5.73 Å². The van der Waals surface area contributed by atoms with Crippen molar-refractivity contribution >= 4 is 12.4 Å². The Bertz CT molecular complexity index is 221. The average molecular weight is 200 g/mol. The maximum atomic E-state index is 6.00. The van der Waals surface area contributed by atoms with Gasteiger partial charge in [-0.05, 0) is 17.9 Å². The zero-order valence-corrected chi connectivity index (χ0v) is 9.05. The van der Waals surface area contributed by atoms with Gasteiger partial charge in [0.25, 0.3) is 0 Å². The van der Waals surface area contributed by atoms with Crippen LogP contribution < -0.4 is 5.73 Å². The Hall–Kier alpha value is -0.530. The number of hydrogen-bond acceptors (Lipinski definition) is 1. The second-order valence-electron chi connectivity index (χ2n) is 3.65. The van der Waals surface area contributed by atoms with Crippen LogP contribution >= 0.6 is 12.4 Å². The Labute approximate surface area is 86.7 Å². The first-order valence-corrected chi connectivity index (χ1v) is 4.50. The van der Waals surface area contributed by atoms with Crippen LogP contribution in [0.25, 0.3) is 0 Å². The number of rotatable bonds is 3. The molecule has 1 aromatic carbocycles. The zero-order chi connectivity index (χ0) is 8.97. The van der Waals surface area contributed by atoms with Crippen molar-refractivity contribution in [2.75, 3.05) is 0 Å². The summed E-state index contributed by atoms with van der Waals surface area (Å²) in [6, 6.07) is 10.5. The Morgan fingerprint density at radius 3 is 2.15 bits per heavy atom. The second-order valence-corrected chi connectivity index (χ2v) is 3.65. The van der Waals surface area contributed by atoms with E-state index in [1.165, 1.54) is 5.56 Å². The van der Waals surface area contributed by atoms with E-state index in [9.17, 15) is 0 Å². The summed E-state index contributed by atoms with van der Waals surface area (Å²) >= 11 is 0. The van der Waals surface area contributed by atoms with Crippen LogP contribution in [0.4, 0.5) is 0 Å². The minimum absolute atomic E-state index is 0. The maximum absolute atomic E-state index is 6.00. The third-order valence-electron chi connectivity index (χ3n) is 1.95. The van der Waals surface area contributed by atoms with Gasteiger partial charge in [0, 0.05) is 6.04 Å². The Balaban J connectivity index is 0.00000144. The molecule has 0 spiro atoms. The molecule has 2 N–H and O–H groups in total. The second kappa shape index (κ2) is 6.01. The van der Waals surface area contributed by atoms with Gasteiger partial charge in [0.05, 0.1) is 0 Å². The third-order valence-corrected chi connectivity index (χ3v) is 1.95. The molecule has 0 saturated carbocycles. The summed E-state index contributed by atoms with van der Waals surface area (Å²) in [5.41, 5.74) is 7.24. The molecule has 0 amide bonds. The summed E-state index contributed by atoms with van der Waals surface area (Å²) < 4.78 is 0. The minimum Gasteiger partial charge on any atom is -0.324 e. The fourth-order valence-corrected chi connectivity index (χ4v) is 1.34. The lowest BCUT2D eigenvalue weighted by Gasteiger charge is -2.13. The van der Waals surface area contributed by atoms with Crippen LogP contribution in [0.5, 0.6) is 0 Å². The zero-order valence-electron chi connectivity index (χ0n) is 8.23. The summed E-state index contributed by atoms with van der Waals surface area (Å²) in [7, 11) is 0. The molecule has 0 aliphatic heterocycles. The predicted octanol–water partition coefficient (Wildman–Crippen LogP) is 3.15. The van der Waals surface area contributed by atoms with Gasteiger partial charge in [-0.25, -0.2) is 0 Å². The standard InChI is InChI=1S/C11H17N.ClH/c1-9(2)8-11(12)10-6-4-3-5-7-10;/h3-7,9,11H,8,12H2,1-2H3;1H/t11-;/m1./s1. The summed E-state index contributed by atoms with van der Waals surface area (Å²) in [5.74, 6) is 0.667. The number of benzene rings is 1. The fraction of sp³-hybridized carbons (Fsp3) is 0.455. The predicted molar refractivity (Wildman–Crippen MR) is 60.1 cm³/mol. The molecule has 0 aliphatic rings. The van der Waals surface area contributed by atoms with Crippen molar-refractivity contribution in [2.24, 2.45) is 11.7 Å². The SMILES string of the molecule is CC(C)C[C@@H](N)c1ccccc1.Cl. The highest BCUT2D eigenvalue weighted by Crippen LogP contribution is 2.17. The monoisotopic (exact) mass is 199 g/mol. The molecule has 0 saturated heterocycles. The highest BCUT2D eigenvalue weighted by Gasteiger charge is 2.06. The van der Waals surface area contributed by atoms with Crippen LogP contribution in [0.2, 0.25) is 0 Å². The molecule has 13 heavy (non-hydrogen) atoms. The van der Waals surface area contributed by atoms with Crippen LogP contribution in [-0.2, 0) is 0 Å². The minimum atomic E-state index is 0. The molecule has 0 aliphatic carbocycles. The average Bonchev–Trinajstić information content (AvgIpc) is 2.05. The normalized spacial score (nSPS) is 12.3. The van der Waals surface area contributed by atoms with Crippen molar-refractivity contribution in [1.82, 2.24) is 0 Å². The first-order valence-electron chi connectivity index (χ1n) is 4.50. The quantitative estimate of drug-likeness (QED) is 0.796. The first-order chi connectivity index (χ1) is 5.70. The topological polar surface area (TPSA) is 26.0 Å². The summed E-state index contributed by atoms with van der Waals surface area (Å²) in [4.78, 5) is 0. The summed E-state index contributed by atoms with van der Waals surface area (Å²) in [6.45, 7) is 4.39. The van der Waals surface area contributed by atoms with Crippen molar-refractivity contribution in [3.8, 4) is 0 Å². The van der Waals surface area contributed by atoms with E-state index < -0.39 is 0 Å². The molecule has 0 aromatic heterocycles. The van der Waals surface area contributed by atoms with Crippen molar-refractivity contribution in [3.05, 3.63) is 35.9 Å². The lowest BCUT2D eigenvalue weighted by molar-refractivity contribution is 0.510. The van der Waals surface area contributed by atoms with E-state index in [2.05, 4.69) is 26.0 Å². The van der Waals surface area contributed by atoms with Crippen molar-refractivity contribution in [2.45, 2.75) is 26.3 Å². The molecule has 1 atom stereocenters. The van der Waals surface area contributed by atoms with Crippen LogP contribution in [0.1, 0.15) is 31.9 Å². The van der Waals surface area contributed by atoms with Crippen LogP contribution in [0.15, 0.2) is 30.3 Å². The Morgan fingerprint density at radius 1 is 1.15 bits per heavy atom. The first kappa shape index (κ1) is 12.5. The lowest BCUT2D eigenvalue weighted by atomic mass is 9.98. The van der Waals surface area contributed by atoms with Gasteiger partial charge in [0.1, 0.15) is 0 Å². The molecule has 1 nitrogen and oxygen atoms in total. The van der Waals surface area contributed by atoms with Gasteiger partial charge in [0.2, 0.25) is 0 Å². The van der Waals surface area contributed by atoms with E-state index in [-0.39, 0.29) is 18.4 Å². The smallest absolute Gasteiger partial charge is 0.0297 e. The Kier molecular flexibility index (Phi) is 5.76. The number of nitrogens with two attached hydrogens (primary N) is 1. The molecule has 74 valence electrons. The highest BCUT2D eigenvalue weighted by molar-refractivity contribution is 5.85. The van der Waals surface area contributed by atoms with Crippen LogP contribution in [-0.4, -0.2) is 0 Å². The highest BCUT2D eigenvalue weighted by atomic mass is 35.5. The molecule has 0 heterocycles. The van der Waals surface area contributed by atoms with Crippen LogP contribution in [0.3, 0.4) is 0 Å². The summed E-state index contributed by atoms with van der Waals surface area (Å²) in [6.07, 6.45) is 1.06. The van der Waals surface area contributed by atoms with Gasteiger partial charge in [-0.3, -0.25) is 0 Å². The van der Waals surface area contributed by atoms with E-state index in [1.807, 2.05) is 18.2 Å². The Morgan fingerprint density at radius 2 is 1.69 bits per heavy atom. The van der Waals surface area contributed by atoms with Crippen molar-refractivity contribution in [3.63, 3.8) is 0 Å². The molecule has 0 unspecified atom stereocenters. The largest absolute Gasteiger partial charge is 0.324 e. The molecule has 1 rings (SSSR count). The molecule has 0 fully saturated rings. The van der Waals surface area contributed by atoms with E-state index >= 15 is 0 Å². The number of hydrogen-bond donors (Lipinski definition) is 1. The van der Waals surface area contributed by atoms with Crippen molar-refractivity contribution in [1.29, 1.82) is 0 Å². The fourth-order valence-electron chi connectivity index (χ4n) is 1.34.